The first-order chi connectivity index (χ1) is 11.0. The van der Waals surface area contributed by atoms with Crippen molar-refractivity contribution in [1.29, 1.82) is 0 Å². The molecule has 6 nitrogen and oxygen atoms in total. The molecule has 1 atom stereocenters. The van der Waals surface area contributed by atoms with Gasteiger partial charge in [0, 0.05) is 10.7 Å². The Bertz CT molecular complexity index is 744. The average Bonchev–Trinajstić information content (AvgIpc) is 2.51. The molecule has 2 rings (SSSR count). The molecule has 0 fully saturated rings. The zero-order valence-corrected chi connectivity index (χ0v) is 13.1. The van der Waals surface area contributed by atoms with Gasteiger partial charge in [0.05, 0.1) is 5.69 Å². The Kier molecular flexibility index (Phi) is 5.43. The summed E-state index contributed by atoms with van der Waals surface area (Å²) in [5.41, 5.74) is 7.07. The number of halogens is 1. The van der Waals surface area contributed by atoms with Gasteiger partial charge in [-0.1, -0.05) is 23.7 Å². The summed E-state index contributed by atoms with van der Waals surface area (Å²) in [7, 11) is 0. The van der Waals surface area contributed by atoms with E-state index in [2.05, 4.69) is 15.5 Å². The van der Waals surface area contributed by atoms with Gasteiger partial charge in [-0.3, -0.25) is 9.59 Å². The van der Waals surface area contributed by atoms with E-state index in [1.165, 1.54) is 6.92 Å². The molecule has 0 saturated heterocycles. The van der Waals surface area contributed by atoms with Crippen LogP contribution in [0.1, 0.15) is 6.92 Å². The maximum absolute atomic E-state index is 12.2. The van der Waals surface area contributed by atoms with E-state index in [0.717, 1.165) is 0 Å². The SMILES string of the molecule is CC(=O)C(N=Nc1ccccc1N)C(=O)Nc1ccc(Cl)cc1. The number of nitrogens with one attached hydrogen (secondary N) is 1. The Labute approximate surface area is 138 Å². The van der Waals surface area contributed by atoms with Crippen LogP contribution in [-0.4, -0.2) is 17.7 Å². The monoisotopic (exact) mass is 330 g/mol. The van der Waals surface area contributed by atoms with Crippen LogP contribution in [0.3, 0.4) is 0 Å². The van der Waals surface area contributed by atoms with Crippen LogP contribution < -0.4 is 11.1 Å². The molecule has 1 unspecified atom stereocenters. The fourth-order valence-electron chi connectivity index (χ4n) is 1.76. The summed E-state index contributed by atoms with van der Waals surface area (Å²) in [5.74, 6) is -0.993. The van der Waals surface area contributed by atoms with E-state index in [1.807, 2.05) is 0 Å². The average molecular weight is 331 g/mol. The molecule has 0 bridgehead atoms. The Morgan fingerprint density at radius 2 is 1.78 bits per heavy atom. The number of nitrogens with two attached hydrogens (primary N) is 1. The second-order valence-corrected chi connectivity index (χ2v) is 5.22. The van der Waals surface area contributed by atoms with E-state index < -0.39 is 17.7 Å². The number of carbonyl (C=O) groups excluding carboxylic acids is 2. The number of amides is 1. The third-order valence-electron chi connectivity index (χ3n) is 2.96. The lowest BCUT2D eigenvalue weighted by Gasteiger charge is -2.09. The first-order valence-corrected chi connectivity index (χ1v) is 7.17. The second-order valence-electron chi connectivity index (χ2n) is 4.78. The second kappa shape index (κ2) is 7.51. The number of hydrogen-bond acceptors (Lipinski definition) is 5. The number of hydrogen-bond donors (Lipinski definition) is 2. The molecule has 0 heterocycles. The molecule has 3 N–H and O–H groups in total. The molecule has 0 aliphatic heterocycles. The van der Waals surface area contributed by atoms with Gasteiger partial charge in [0.25, 0.3) is 5.91 Å². The zero-order valence-electron chi connectivity index (χ0n) is 12.4. The molecule has 0 aliphatic carbocycles. The van der Waals surface area contributed by atoms with Crippen LogP contribution in [0.15, 0.2) is 58.8 Å². The number of azo groups is 1. The van der Waals surface area contributed by atoms with E-state index in [1.54, 1.807) is 48.5 Å². The Hall–Kier alpha value is -2.73. The quantitative estimate of drug-likeness (QED) is 0.498. The Morgan fingerprint density at radius 3 is 2.39 bits per heavy atom. The highest BCUT2D eigenvalue weighted by atomic mass is 35.5. The van der Waals surface area contributed by atoms with E-state index in [9.17, 15) is 9.59 Å². The number of nitrogen functional groups attached to an aromatic ring is 1. The lowest BCUT2D eigenvalue weighted by Crippen LogP contribution is -2.31. The standard InChI is InChI=1S/C16H15ClN4O2/c1-10(22)15(21-20-14-5-3-2-4-13(14)18)16(23)19-12-8-6-11(17)7-9-12/h2-9,15H,18H2,1H3,(H,19,23). The first kappa shape index (κ1) is 16.6. The van der Waals surface area contributed by atoms with Gasteiger partial charge >= 0.3 is 0 Å². The number of para-hydroxylation sites is 1. The third kappa shape index (κ3) is 4.62. The van der Waals surface area contributed by atoms with Gasteiger partial charge in [-0.15, -0.1) is 0 Å². The Balaban J connectivity index is 2.14. The summed E-state index contributed by atoms with van der Waals surface area (Å²) < 4.78 is 0. The molecule has 1 amide bonds. The summed E-state index contributed by atoms with van der Waals surface area (Å²) in [6, 6.07) is 12.1. The predicted octanol–water partition coefficient (Wildman–Crippen LogP) is 3.60. The normalized spacial score (nSPS) is 12.1. The highest BCUT2D eigenvalue weighted by molar-refractivity contribution is 6.30. The molecule has 118 valence electrons. The topological polar surface area (TPSA) is 96.9 Å². The molecule has 0 aromatic heterocycles. The molecule has 0 aliphatic rings. The van der Waals surface area contributed by atoms with Crippen LogP contribution in [0.4, 0.5) is 17.1 Å². The van der Waals surface area contributed by atoms with Crippen molar-refractivity contribution in [3.05, 3.63) is 53.6 Å². The molecule has 23 heavy (non-hydrogen) atoms. The molecular formula is C16H15ClN4O2. The summed E-state index contributed by atoms with van der Waals surface area (Å²) in [4.78, 5) is 23.9. The van der Waals surface area contributed by atoms with Gasteiger partial charge in [-0.05, 0) is 43.3 Å². The third-order valence-corrected chi connectivity index (χ3v) is 3.21. The largest absolute Gasteiger partial charge is 0.397 e. The van der Waals surface area contributed by atoms with Gasteiger partial charge in [0.15, 0.2) is 5.78 Å². The van der Waals surface area contributed by atoms with E-state index in [-0.39, 0.29) is 0 Å². The summed E-state index contributed by atoms with van der Waals surface area (Å²) >= 11 is 5.78. The van der Waals surface area contributed by atoms with Crippen LogP contribution in [0.25, 0.3) is 0 Å². The van der Waals surface area contributed by atoms with Crippen LogP contribution in [0, 0.1) is 0 Å². The van der Waals surface area contributed by atoms with Crippen molar-refractivity contribution in [3.8, 4) is 0 Å². The van der Waals surface area contributed by atoms with Crippen LogP contribution in [0.2, 0.25) is 5.02 Å². The zero-order chi connectivity index (χ0) is 16.8. The molecule has 0 saturated carbocycles. The van der Waals surface area contributed by atoms with Crippen molar-refractivity contribution in [3.63, 3.8) is 0 Å². The molecule has 2 aromatic rings. The molecule has 0 spiro atoms. The maximum atomic E-state index is 12.2. The number of benzene rings is 2. The molecule has 7 heteroatoms. The molecular weight excluding hydrogens is 316 g/mol. The van der Waals surface area contributed by atoms with E-state index in [4.69, 9.17) is 17.3 Å². The van der Waals surface area contributed by atoms with Crippen molar-refractivity contribution in [1.82, 2.24) is 0 Å². The fraction of sp³-hybridized carbons (Fsp3) is 0.125. The van der Waals surface area contributed by atoms with Crippen LogP contribution in [-0.2, 0) is 9.59 Å². The Morgan fingerprint density at radius 1 is 1.13 bits per heavy atom. The number of ketones is 1. The first-order valence-electron chi connectivity index (χ1n) is 6.79. The van der Waals surface area contributed by atoms with Gasteiger partial charge in [-0.2, -0.15) is 10.2 Å². The highest BCUT2D eigenvalue weighted by Gasteiger charge is 2.23. The van der Waals surface area contributed by atoms with E-state index >= 15 is 0 Å². The smallest absolute Gasteiger partial charge is 0.258 e. The minimum atomic E-state index is -1.25. The number of nitrogens with zero attached hydrogens (tertiary/aromatic N) is 2. The van der Waals surface area contributed by atoms with Crippen LogP contribution in [0.5, 0.6) is 0 Å². The predicted molar refractivity (Wildman–Crippen MR) is 89.9 cm³/mol. The minimum Gasteiger partial charge on any atom is -0.397 e. The molecule has 0 radical (unpaired) electrons. The summed E-state index contributed by atoms with van der Waals surface area (Å²) in [6.45, 7) is 1.28. The van der Waals surface area contributed by atoms with Crippen molar-refractivity contribution in [2.45, 2.75) is 13.0 Å². The van der Waals surface area contributed by atoms with E-state index in [0.29, 0.717) is 22.1 Å². The fourth-order valence-corrected chi connectivity index (χ4v) is 1.89. The summed E-state index contributed by atoms with van der Waals surface area (Å²) in [5, 5.41) is 10.9. The molecule has 2 aromatic carbocycles. The lowest BCUT2D eigenvalue weighted by molar-refractivity contribution is -0.126. The summed E-state index contributed by atoms with van der Waals surface area (Å²) in [6.07, 6.45) is 0. The van der Waals surface area contributed by atoms with Gasteiger partial charge < -0.3 is 11.1 Å². The van der Waals surface area contributed by atoms with Crippen molar-refractivity contribution in [2.75, 3.05) is 11.1 Å². The van der Waals surface area contributed by atoms with Gasteiger partial charge in [-0.25, -0.2) is 0 Å². The van der Waals surface area contributed by atoms with Crippen molar-refractivity contribution in [2.24, 2.45) is 10.2 Å². The minimum absolute atomic E-state index is 0.401. The number of Topliss-reactive ketones (excluding diaryl/α,β-unsaturated/α-hetero) is 1. The van der Waals surface area contributed by atoms with Gasteiger partial charge in [0.2, 0.25) is 6.04 Å². The van der Waals surface area contributed by atoms with Crippen molar-refractivity contribution >= 4 is 40.4 Å². The highest BCUT2D eigenvalue weighted by Crippen LogP contribution is 2.21. The van der Waals surface area contributed by atoms with Gasteiger partial charge in [0.1, 0.15) is 5.69 Å². The lowest BCUT2D eigenvalue weighted by atomic mass is 10.2. The van der Waals surface area contributed by atoms with Crippen molar-refractivity contribution < 1.29 is 9.59 Å². The number of carbonyl (C=O) groups is 2. The number of anilines is 2. The van der Waals surface area contributed by atoms with Crippen LogP contribution >= 0.6 is 11.6 Å². The maximum Gasteiger partial charge on any atom is 0.258 e. The number of rotatable bonds is 5.